The van der Waals surface area contributed by atoms with Gasteiger partial charge in [-0.25, -0.2) is 4.39 Å². The summed E-state index contributed by atoms with van der Waals surface area (Å²) in [6.45, 7) is 0.785. The molecule has 2 unspecified atom stereocenters. The third kappa shape index (κ3) is 8.29. The van der Waals surface area contributed by atoms with Crippen LogP contribution in [0.2, 0.25) is 0 Å². The summed E-state index contributed by atoms with van der Waals surface area (Å²) >= 11 is 0. The van der Waals surface area contributed by atoms with Crippen molar-refractivity contribution < 1.29 is 94.0 Å². The third-order valence-corrected chi connectivity index (χ3v) is 5.48. The van der Waals surface area contributed by atoms with Crippen molar-refractivity contribution in [2.24, 2.45) is 0 Å². The first-order valence-corrected chi connectivity index (χ1v) is 11.8. The SMILES string of the molecule is CNc1cccc(NC(=O)c2cc(OC(F)(F)C(F)OC(F)(F)C(F)(OC(F)(F)C(F)(F)C(F)(F)F)C(F)(F)F)cc(C(C)=O)c2)c1. The number of hydrogen-bond acceptors (Lipinski definition) is 6. The summed E-state index contributed by atoms with van der Waals surface area (Å²) in [7, 11) is 1.49. The van der Waals surface area contributed by atoms with E-state index in [1.54, 1.807) is 0 Å². The minimum absolute atomic E-state index is 0.0579. The number of nitrogens with one attached hydrogen (secondary N) is 2. The number of ether oxygens (including phenoxy) is 3. The van der Waals surface area contributed by atoms with E-state index in [9.17, 15) is 79.8 Å². The van der Waals surface area contributed by atoms with Crippen molar-refractivity contribution in [1.82, 2.24) is 0 Å². The molecule has 0 fully saturated rings. The number of carbonyl (C=O) groups excluding carboxylic acids is 2. The summed E-state index contributed by atoms with van der Waals surface area (Å²) in [5, 5.41) is 4.93. The molecule has 264 valence electrons. The summed E-state index contributed by atoms with van der Waals surface area (Å²) in [6.07, 6.45) is -42.2. The van der Waals surface area contributed by atoms with Crippen molar-refractivity contribution in [2.45, 2.75) is 55.7 Å². The molecule has 0 bridgehead atoms. The molecule has 2 N–H and O–H groups in total. The van der Waals surface area contributed by atoms with E-state index in [0.717, 1.165) is 13.0 Å². The second-order valence-electron chi connectivity index (χ2n) is 8.99. The average Bonchev–Trinajstić information content (AvgIpc) is 2.90. The zero-order valence-electron chi connectivity index (χ0n) is 22.7. The number of anilines is 2. The first kappa shape index (κ1) is 39.2. The molecule has 2 atom stereocenters. The van der Waals surface area contributed by atoms with Crippen LogP contribution in [-0.2, 0) is 9.47 Å². The maximum absolute atomic E-state index is 14.4. The van der Waals surface area contributed by atoms with Crippen LogP contribution >= 0.6 is 0 Å². The van der Waals surface area contributed by atoms with Gasteiger partial charge in [0.2, 0.25) is 0 Å². The Labute approximate surface area is 250 Å². The maximum atomic E-state index is 14.4. The molecule has 2 rings (SSSR count). The number of hydrogen-bond donors (Lipinski definition) is 2. The summed E-state index contributed by atoms with van der Waals surface area (Å²) in [6, 6.07) is 6.98. The Balaban J connectivity index is 2.43. The summed E-state index contributed by atoms with van der Waals surface area (Å²) in [4.78, 5) is 24.5. The predicted octanol–water partition coefficient (Wildman–Crippen LogP) is 8.09. The van der Waals surface area contributed by atoms with Crippen molar-refractivity contribution in [1.29, 1.82) is 0 Å². The van der Waals surface area contributed by atoms with Crippen molar-refractivity contribution >= 4 is 23.1 Å². The van der Waals surface area contributed by atoms with E-state index >= 15 is 0 Å². The van der Waals surface area contributed by atoms with Crippen LogP contribution in [0.4, 0.5) is 81.6 Å². The third-order valence-electron chi connectivity index (χ3n) is 5.48. The number of benzene rings is 2. The van der Waals surface area contributed by atoms with E-state index < -0.39 is 77.4 Å². The van der Waals surface area contributed by atoms with E-state index in [1.165, 1.54) is 36.1 Å². The van der Waals surface area contributed by atoms with Crippen LogP contribution in [-0.4, -0.2) is 67.6 Å². The maximum Gasteiger partial charge on any atom is 0.462 e. The van der Waals surface area contributed by atoms with Crippen LogP contribution in [0.3, 0.4) is 0 Å². The van der Waals surface area contributed by atoms with Crippen LogP contribution in [0.5, 0.6) is 5.75 Å². The van der Waals surface area contributed by atoms with Gasteiger partial charge in [-0.05, 0) is 43.3 Å². The minimum Gasteiger partial charge on any atom is -0.428 e. The molecule has 0 heterocycles. The van der Waals surface area contributed by atoms with Gasteiger partial charge in [0.05, 0.1) is 0 Å². The number of carbonyl (C=O) groups is 2. The summed E-state index contributed by atoms with van der Waals surface area (Å²) in [5.41, 5.74) is -0.903. The van der Waals surface area contributed by atoms with Crippen LogP contribution in [0.1, 0.15) is 27.6 Å². The number of rotatable bonds is 13. The van der Waals surface area contributed by atoms with Crippen LogP contribution in [0, 0.1) is 0 Å². The highest BCUT2D eigenvalue weighted by atomic mass is 19.4. The van der Waals surface area contributed by atoms with Gasteiger partial charge in [-0.2, -0.15) is 65.9 Å². The Morgan fingerprint density at radius 1 is 0.723 bits per heavy atom. The second kappa shape index (κ2) is 12.9. The number of Topliss-reactive ketones (excluding diaryl/α,β-unsaturated/α-hetero) is 1. The molecule has 0 aliphatic carbocycles. The molecule has 0 spiro atoms. The fourth-order valence-corrected chi connectivity index (χ4v) is 3.11. The molecule has 0 saturated heterocycles. The average molecular weight is 716 g/mol. The number of halogens is 16. The minimum atomic E-state index is -7.86. The van der Waals surface area contributed by atoms with E-state index in [2.05, 4.69) is 20.1 Å². The van der Waals surface area contributed by atoms with Crippen LogP contribution in [0.25, 0.3) is 0 Å². The summed E-state index contributed by atoms with van der Waals surface area (Å²) < 4.78 is 221. The zero-order chi connectivity index (χ0) is 36.6. The van der Waals surface area contributed by atoms with E-state index in [-0.39, 0.29) is 5.69 Å². The zero-order valence-corrected chi connectivity index (χ0v) is 22.7. The highest BCUT2D eigenvalue weighted by molar-refractivity contribution is 6.06. The van der Waals surface area contributed by atoms with Gasteiger partial charge in [-0.15, -0.1) is 0 Å². The number of ketones is 1. The topological polar surface area (TPSA) is 85.9 Å². The molecule has 0 aromatic heterocycles. The van der Waals surface area contributed by atoms with Crippen molar-refractivity contribution in [3.63, 3.8) is 0 Å². The quantitative estimate of drug-likeness (QED) is 0.161. The van der Waals surface area contributed by atoms with Crippen LogP contribution < -0.4 is 15.4 Å². The monoisotopic (exact) mass is 716 g/mol. The van der Waals surface area contributed by atoms with Gasteiger partial charge in [0.1, 0.15) is 5.75 Å². The highest BCUT2D eigenvalue weighted by Crippen LogP contribution is 2.55. The lowest BCUT2D eigenvalue weighted by atomic mass is 10.1. The molecule has 7 nitrogen and oxygen atoms in total. The van der Waals surface area contributed by atoms with Gasteiger partial charge < -0.3 is 15.4 Å². The molecule has 0 aliphatic heterocycles. The molecule has 2 aromatic rings. The molecular weight excluding hydrogens is 700 g/mol. The second-order valence-corrected chi connectivity index (χ2v) is 8.99. The fourth-order valence-electron chi connectivity index (χ4n) is 3.11. The first-order valence-electron chi connectivity index (χ1n) is 11.8. The molecule has 1 amide bonds. The van der Waals surface area contributed by atoms with Crippen molar-refractivity contribution in [3.05, 3.63) is 53.6 Å². The Bertz CT molecular complexity index is 1460. The lowest BCUT2D eigenvalue weighted by Crippen LogP contribution is -2.66. The van der Waals surface area contributed by atoms with E-state index in [1.807, 2.05) is 0 Å². The Morgan fingerprint density at radius 2 is 1.26 bits per heavy atom. The number of alkyl halides is 16. The lowest BCUT2D eigenvalue weighted by Gasteiger charge is -2.38. The summed E-state index contributed by atoms with van der Waals surface area (Å²) in [5.74, 6) is -19.4. The predicted molar refractivity (Wildman–Crippen MR) is 124 cm³/mol. The Hall–Kier alpha value is -4.02. The standard InChI is InChI=1S/C24H16F16N2O5/c1-10(43)11-6-12(16(44)42-14-5-3-4-13(9-14)41-2)8-15(7-11)45-18(26,27)17(25)46-24(39,40)20(30,22(34,35)36)47-23(37,38)19(28,29)21(31,32)33/h3-9,17,41H,1-2H3,(H,42,44). The van der Waals surface area contributed by atoms with Gasteiger partial charge in [0.15, 0.2) is 5.78 Å². The number of amides is 1. The first-order chi connectivity index (χ1) is 21.0. The molecular formula is C24H16F16N2O5. The van der Waals surface area contributed by atoms with Gasteiger partial charge in [-0.1, -0.05) is 6.07 Å². The van der Waals surface area contributed by atoms with E-state index in [4.69, 9.17) is 0 Å². The lowest BCUT2D eigenvalue weighted by molar-refractivity contribution is -0.543. The van der Waals surface area contributed by atoms with Gasteiger partial charge in [-0.3, -0.25) is 19.1 Å². The molecule has 23 heteroatoms. The molecule has 0 radical (unpaired) electrons. The van der Waals surface area contributed by atoms with Gasteiger partial charge >= 0.3 is 48.8 Å². The molecule has 0 aliphatic rings. The largest absolute Gasteiger partial charge is 0.462 e. The highest BCUT2D eigenvalue weighted by Gasteiger charge is 2.84. The fraction of sp³-hybridized carbons (Fsp3) is 0.417. The molecule has 0 saturated carbocycles. The Kier molecular flexibility index (Phi) is 10.7. The van der Waals surface area contributed by atoms with Crippen molar-refractivity contribution in [3.8, 4) is 5.75 Å². The van der Waals surface area contributed by atoms with Gasteiger partial charge in [0.25, 0.3) is 5.91 Å². The molecule has 47 heavy (non-hydrogen) atoms. The van der Waals surface area contributed by atoms with E-state index in [0.29, 0.717) is 17.8 Å². The Morgan fingerprint density at radius 3 is 1.74 bits per heavy atom. The normalized spacial score (nSPS) is 15.4. The van der Waals surface area contributed by atoms with Crippen molar-refractivity contribution in [2.75, 3.05) is 17.7 Å². The molecule has 2 aromatic carbocycles. The smallest absolute Gasteiger partial charge is 0.428 e. The van der Waals surface area contributed by atoms with Gasteiger partial charge in [0, 0.05) is 29.5 Å². The van der Waals surface area contributed by atoms with Crippen LogP contribution in [0.15, 0.2) is 42.5 Å².